The number of amides is 1. The molecule has 2 N–H and O–H groups in total. The molecule has 7 heteroatoms. The number of methoxy groups -OCH3 is 1. The van der Waals surface area contributed by atoms with Crippen LogP contribution in [0.1, 0.15) is 16.1 Å². The predicted octanol–water partition coefficient (Wildman–Crippen LogP) is 3.61. The van der Waals surface area contributed by atoms with Crippen LogP contribution in [0, 0.1) is 0 Å². The molecule has 0 fully saturated rings. The molecule has 0 saturated carbocycles. The first-order chi connectivity index (χ1) is 12.2. The lowest BCUT2D eigenvalue weighted by Gasteiger charge is -2.00. The monoisotopic (exact) mass is 398 g/mol. The van der Waals surface area contributed by atoms with Gasteiger partial charge in [0.15, 0.2) is 0 Å². The number of hydrazone groups is 1. The van der Waals surface area contributed by atoms with Gasteiger partial charge in [0, 0.05) is 10.0 Å². The van der Waals surface area contributed by atoms with Crippen LogP contribution in [0.2, 0.25) is 0 Å². The predicted molar refractivity (Wildman–Crippen MR) is 99.8 cm³/mol. The van der Waals surface area contributed by atoms with Gasteiger partial charge in [-0.3, -0.25) is 9.89 Å². The van der Waals surface area contributed by atoms with Crippen molar-refractivity contribution in [1.82, 2.24) is 15.6 Å². The molecular formula is C18H15BrN4O2. The summed E-state index contributed by atoms with van der Waals surface area (Å²) in [7, 11) is 1.60. The van der Waals surface area contributed by atoms with Crippen LogP contribution in [0.5, 0.6) is 5.75 Å². The lowest BCUT2D eigenvalue weighted by atomic mass is 10.1. The average Bonchev–Trinajstić information content (AvgIpc) is 3.12. The molecule has 0 saturated heterocycles. The highest BCUT2D eigenvalue weighted by Gasteiger charge is 2.10. The summed E-state index contributed by atoms with van der Waals surface area (Å²) in [6.45, 7) is 0. The summed E-state index contributed by atoms with van der Waals surface area (Å²) in [6, 6.07) is 16.7. The van der Waals surface area contributed by atoms with Crippen LogP contribution in [0.15, 0.2) is 64.2 Å². The van der Waals surface area contributed by atoms with Crippen LogP contribution in [0.3, 0.4) is 0 Å². The average molecular weight is 399 g/mol. The number of ether oxygens (including phenoxy) is 1. The first-order valence-electron chi connectivity index (χ1n) is 7.44. The molecule has 0 bridgehead atoms. The molecule has 2 aromatic carbocycles. The van der Waals surface area contributed by atoms with Gasteiger partial charge in [-0.15, -0.1) is 0 Å². The third kappa shape index (κ3) is 4.33. The number of nitrogens with one attached hydrogen (secondary N) is 2. The van der Waals surface area contributed by atoms with Crippen molar-refractivity contribution in [2.24, 2.45) is 5.10 Å². The van der Waals surface area contributed by atoms with E-state index < -0.39 is 0 Å². The van der Waals surface area contributed by atoms with Gasteiger partial charge >= 0.3 is 0 Å². The van der Waals surface area contributed by atoms with Gasteiger partial charge in [-0.1, -0.05) is 40.2 Å². The summed E-state index contributed by atoms with van der Waals surface area (Å²) in [5.41, 5.74) is 5.23. The third-order valence-corrected chi connectivity index (χ3v) is 3.96. The first kappa shape index (κ1) is 16.9. The highest BCUT2D eigenvalue weighted by atomic mass is 79.9. The lowest BCUT2D eigenvalue weighted by Crippen LogP contribution is -2.18. The number of hydrogen-bond acceptors (Lipinski definition) is 4. The van der Waals surface area contributed by atoms with Gasteiger partial charge in [0.1, 0.15) is 11.4 Å². The van der Waals surface area contributed by atoms with Gasteiger partial charge in [0.2, 0.25) is 0 Å². The van der Waals surface area contributed by atoms with Crippen molar-refractivity contribution in [2.45, 2.75) is 0 Å². The van der Waals surface area contributed by atoms with Crippen LogP contribution >= 0.6 is 15.9 Å². The largest absolute Gasteiger partial charge is 0.497 e. The van der Waals surface area contributed by atoms with E-state index in [4.69, 9.17) is 4.74 Å². The highest BCUT2D eigenvalue weighted by molar-refractivity contribution is 9.10. The molecule has 0 spiro atoms. The fourth-order valence-corrected chi connectivity index (χ4v) is 2.42. The molecule has 1 amide bonds. The second-order valence-electron chi connectivity index (χ2n) is 5.15. The maximum absolute atomic E-state index is 12.1. The number of hydrogen-bond donors (Lipinski definition) is 2. The number of benzene rings is 2. The summed E-state index contributed by atoms with van der Waals surface area (Å²) in [5.74, 6) is 0.359. The van der Waals surface area contributed by atoms with E-state index in [0.717, 1.165) is 21.3 Å². The van der Waals surface area contributed by atoms with Crippen molar-refractivity contribution in [3.8, 4) is 17.0 Å². The third-order valence-electron chi connectivity index (χ3n) is 3.44. The van der Waals surface area contributed by atoms with Crippen molar-refractivity contribution < 1.29 is 9.53 Å². The number of H-pyrrole nitrogens is 1. The Morgan fingerprint density at radius 2 is 2.04 bits per heavy atom. The topological polar surface area (TPSA) is 79.4 Å². The molecule has 0 aliphatic rings. The minimum atomic E-state index is -0.366. The van der Waals surface area contributed by atoms with Gasteiger partial charge in [0.25, 0.3) is 5.91 Å². The molecular weight excluding hydrogens is 384 g/mol. The Morgan fingerprint density at radius 1 is 1.24 bits per heavy atom. The highest BCUT2D eigenvalue weighted by Crippen LogP contribution is 2.20. The smallest absolute Gasteiger partial charge is 0.289 e. The molecule has 3 aromatic rings. The van der Waals surface area contributed by atoms with Crippen molar-refractivity contribution in [2.75, 3.05) is 7.11 Å². The second kappa shape index (κ2) is 7.76. The van der Waals surface area contributed by atoms with E-state index in [2.05, 4.69) is 36.7 Å². The van der Waals surface area contributed by atoms with E-state index >= 15 is 0 Å². The number of carbonyl (C=O) groups is 1. The normalized spacial score (nSPS) is 10.8. The minimum absolute atomic E-state index is 0.334. The van der Waals surface area contributed by atoms with Crippen molar-refractivity contribution in [3.05, 3.63) is 70.3 Å². The van der Waals surface area contributed by atoms with E-state index in [1.807, 2.05) is 48.5 Å². The summed E-state index contributed by atoms with van der Waals surface area (Å²) < 4.78 is 6.12. The molecule has 0 unspecified atom stereocenters. The second-order valence-corrected chi connectivity index (χ2v) is 6.07. The fourth-order valence-electron chi connectivity index (χ4n) is 2.15. The summed E-state index contributed by atoms with van der Waals surface area (Å²) in [6.07, 6.45) is 1.55. The quantitative estimate of drug-likeness (QED) is 0.508. The number of carbonyl (C=O) groups excluding carboxylic acids is 1. The fraction of sp³-hybridized carbons (Fsp3) is 0.0556. The molecule has 0 aliphatic carbocycles. The van der Waals surface area contributed by atoms with Crippen LogP contribution < -0.4 is 10.2 Å². The van der Waals surface area contributed by atoms with Gasteiger partial charge in [-0.25, -0.2) is 5.43 Å². The van der Waals surface area contributed by atoms with E-state index in [0.29, 0.717) is 11.4 Å². The Balaban J connectivity index is 1.65. The SMILES string of the molecule is COc1cccc(/C=N/NC(=O)c2cc(-c3ccc(Br)cc3)n[nH]2)c1. The van der Waals surface area contributed by atoms with Gasteiger partial charge in [-0.2, -0.15) is 10.2 Å². The number of aromatic nitrogens is 2. The summed E-state index contributed by atoms with van der Waals surface area (Å²) >= 11 is 3.39. The summed E-state index contributed by atoms with van der Waals surface area (Å²) in [4.78, 5) is 12.1. The Bertz CT molecular complexity index is 903. The zero-order chi connectivity index (χ0) is 17.6. The van der Waals surface area contributed by atoms with Crippen LogP contribution in [-0.4, -0.2) is 29.4 Å². The molecule has 126 valence electrons. The molecule has 6 nitrogen and oxygen atoms in total. The number of halogens is 1. The summed E-state index contributed by atoms with van der Waals surface area (Å²) in [5, 5.41) is 10.8. The van der Waals surface area contributed by atoms with Gasteiger partial charge in [-0.05, 0) is 35.9 Å². The number of aromatic amines is 1. The Hall–Kier alpha value is -2.93. The minimum Gasteiger partial charge on any atom is -0.497 e. The van der Waals surface area contributed by atoms with Gasteiger partial charge in [0.05, 0.1) is 19.0 Å². The van der Waals surface area contributed by atoms with Crippen LogP contribution in [-0.2, 0) is 0 Å². The molecule has 3 rings (SSSR count). The standard InChI is InChI=1S/C18H15BrN4O2/c1-25-15-4-2-3-12(9-15)11-20-23-18(24)17-10-16(21-22-17)13-5-7-14(19)8-6-13/h2-11H,1H3,(H,21,22)(H,23,24)/b20-11+. The van der Waals surface area contributed by atoms with Crippen LogP contribution in [0.4, 0.5) is 0 Å². The maximum atomic E-state index is 12.1. The van der Waals surface area contributed by atoms with Crippen LogP contribution in [0.25, 0.3) is 11.3 Å². The molecule has 0 aliphatic heterocycles. The number of nitrogens with zero attached hydrogens (tertiary/aromatic N) is 2. The Morgan fingerprint density at radius 3 is 2.80 bits per heavy atom. The zero-order valence-corrected chi connectivity index (χ0v) is 14.9. The van der Waals surface area contributed by atoms with E-state index in [9.17, 15) is 4.79 Å². The van der Waals surface area contributed by atoms with E-state index in [1.165, 1.54) is 0 Å². The Labute approximate surface area is 153 Å². The first-order valence-corrected chi connectivity index (χ1v) is 8.24. The van der Waals surface area contributed by atoms with Crippen molar-refractivity contribution >= 4 is 28.1 Å². The Kier molecular flexibility index (Phi) is 5.25. The molecule has 0 radical (unpaired) electrons. The molecule has 0 atom stereocenters. The molecule has 1 aromatic heterocycles. The van der Waals surface area contributed by atoms with Crippen molar-refractivity contribution in [1.29, 1.82) is 0 Å². The lowest BCUT2D eigenvalue weighted by molar-refractivity contribution is 0.0950. The van der Waals surface area contributed by atoms with E-state index in [-0.39, 0.29) is 5.91 Å². The zero-order valence-electron chi connectivity index (χ0n) is 13.4. The van der Waals surface area contributed by atoms with Crippen molar-refractivity contribution in [3.63, 3.8) is 0 Å². The van der Waals surface area contributed by atoms with E-state index in [1.54, 1.807) is 19.4 Å². The van der Waals surface area contributed by atoms with Gasteiger partial charge < -0.3 is 4.74 Å². The molecule has 25 heavy (non-hydrogen) atoms. The number of rotatable bonds is 5. The molecule has 1 heterocycles. The maximum Gasteiger partial charge on any atom is 0.289 e.